The lowest BCUT2D eigenvalue weighted by Crippen LogP contribution is -2.43. The Balaban J connectivity index is 1.91. The first kappa shape index (κ1) is 15.0. The Labute approximate surface area is 121 Å². The summed E-state index contributed by atoms with van der Waals surface area (Å²) in [4.78, 5) is 12.3. The Morgan fingerprint density at radius 3 is 2.60 bits per heavy atom. The lowest BCUT2D eigenvalue weighted by molar-refractivity contribution is -0.123. The highest BCUT2D eigenvalue weighted by Gasteiger charge is 2.26. The van der Waals surface area contributed by atoms with E-state index in [-0.39, 0.29) is 5.91 Å². The average molecular weight is 274 g/mol. The van der Waals surface area contributed by atoms with E-state index in [0.717, 1.165) is 24.3 Å². The second-order valence-corrected chi connectivity index (χ2v) is 6.26. The summed E-state index contributed by atoms with van der Waals surface area (Å²) in [6, 6.07) is 9.30. The van der Waals surface area contributed by atoms with Crippen LogP contribution in [-0.2, 0) is 4.79 Å². The van der Waals surface area contributed by atoms with Gasteiger partial charge in [0.2, 0.25) is 5.91 Å². The predicted molar refractivity (Wildman–Crippen MR) is 82.1 cm³/mol. The fourth-order valence-corrected chi connectivity index (χ4v) is 3.07. The van der Waals surface area contributed by atoms with Crippen LogP contribution in [0.25, 0.3) is 0 Å². The molecule has 0 spiro atoms. The van der Waals surface area contributed by atoms with Gasteiger partial charge in [0.15, 0.2) is 0 Å². The molecule has 3 N–H and O–H groups in total. The third kappa shape index (κ3) is 3.83. The lowest BCUT2D eigenvalue weighted by Gasteiger charge is -2.32. The number of carbonyl (C=O) groups is 1. The number of nitrogens with one attached hydrogen (secondary N) is 1. The van der Waals surface area contributed by atoms with E-state index < -0.39 is 6.04 Å². The van der Waals surface area contributed by atoms with Gasteiger partial charge in [0.25, 0.3) is 0 Å². The van der Waals surface area contributed by atoms with Gasteiger partial charge in [0.05, 0.1) is 0 Å². The van der Waals surface area contributed by atoms with Gasteiger partial charge >= 0.3 is 0 Å². The fourth-order valence-electron chi connectivity index (χ4n) is 3.07. The molecule has 1 saturated carbocycles. The molecule has 2 rings (SSSR count). The molecule has 3 unspecified atom stereocenters. The second kappa shape index (κ2) is 6.89. The average Bonchev–Trinajstić information content (AvgIpc) is 2.47. The molecule has 0 aromatic heterocycles. The highest BCUT2D eigenvalue weighted by Crippen LogP contribution is 2.30. The van der Waals surface area contributed by atoms with Crippen molar-refractivity contribution in [3.05, 3.63) is 35.9 Å². The van der Waals surface area contributed by atoms with Crippen LogP contribution in [0.15, 0.2) is 30.3 Å². The van der Waals surface area contributed by atoms with Crippen LogP contribution in [0, 0.1) is 11.8 Å². The molecule has 0 aliphatic heterocycles. The summed E-state index contributed by atoms with van der Waals surface area (Å²) in [7, 11) is 0. The standard InChI is InChI=1S/C17H26N2O/c1-12(2)14-9-6-10-15(11-14)19-17(20)16(18)13-7-4-3-5-8-13/h3-5,7-8,12,14-16H,6,9-11,18H2,1-2H3,(H,19,20). The first-order chi connectivity index (χ1) is 9.58. The molecule has 1 aromatic rings. The largest absolute Gasteiger partial charge is 0.352 e. The molecular weight excluding hydrogens is 248 g/mol. The van der Waals surface area contributed by atoms with E-state index in [1.165, 1.54) is 12.8 Å². The predicted octanol–water partition coefficient (Wildman–Crippen LogP) is 3.02. The summed E-state index contributed by atoms with van der Waals surface area (Å²) in [5.41, 5.74) is 6.91. The Hall–Kier alpha value is -1.35. The van der Waals surface area contributed by atoms with Crippen molar-refractivity contribution < 1.29 is 4.79 Å². The van der Waals surface area contributed by atoms with Crippen molar-refractivity contribution in [2.24, 2.45) is 17.6 Å². The molecule has 110 valence electrons. The Morgan fingerprint density at radius 2 is 1.95 bits per heavy atom. The maximum atomic E-state index is 12.3. The number of carbonyl (C=O) groups excluding carboxylic acids is 1. The van der Waals surface area contributed by atoms with Crippen molar-refractivity contribution in [3.8, 4) is 0 Å². The monoisotopic (exact) mass is 274 g/mol. The second-order valence-electron chi connectivity index (χ2n) is 6.26. The summed E-state index contributed by atoms with van der Waals surface area (Å²) >= 11 is 0. The van der Waals surface area contributed by atoms with Crippen molar-refractivity contribution >= 4 is 5.91 Å². The van der Waals surface area contributed by atoms with Crippen molar-refractivity contribution in [2.75, 3.05) is 0 Å². The summed E-state index contributed by atoms with van der Waals surface area (Å²) < 4.78 is 0. The molecule has 3 atom stereocenters. The molecule has 0 saturated heterocycles. The van der Waals surface area contributed by atoms with E-state index in [1.54, 1.807) is 0 Å². The zero-order valence-corrected chi connectivity index (χ0v) is 12.5. The van der Waals surface area contributed by atoms with Gasteiger partial charge in [-0.1, -0.05) is 57.0 Å². The van der Waals surface area contributed by atoms with Crippen LogP contribution < -0.4 is 11.1 Å². The Bertz CT molecular complexity index is 430. The number of benzene rings is 1. The molecule has 3 nitrogen and oxygen atoms in total. The summed E-state index contributed by atoms with van der Waals surface area (Å²) in [6.45, 7) is 4.54. The molecule has 1 amide bonds. The summed E-state index contributed by atoms with van der Waals surface area (Å²) in [6.07, 6.45) is 4.66. The van der Waals surface area contributed by atoms with Crippen LogP contribution in [-0.4, -0.2) is 11.9 Å². The van der Waals surface area contributed by atoms with Crippen LogP contribution >= 0.6 is 0 Å². The molecular formula is C17H26N2O. The minimum absolute atomic E-state index is 0.0504. The summed E-state index contributed by atoms with van der Waals surface area (Å²) in [5.74, 6) is 1.37. The SMILES string of the molecule is CC(C)C1CCCC(NC(=O)C(N)c2ccccc2)C1. The molecule has 1 aliphatic carbocycles. The highest BCUT2D eigenvalue weighted by molar-refractivity contribution is 5.83. The highest BCUT2D eigenvalue weighted by atomic mass is 16.2. The first-order valence-corrected chi connectivity index (χ1v) is 7.69. The number of amides is 1. The molecule has 0 bridgehead atoms. The van der Waals surface area contributed by atoms with Crippen molar-refractivity contribution in [1.82, 2.24) is 5.32 Å². The molecule has 20 heavy (non-hydrogen) atoms. The number of rotatable bonds is 4. The zero-order chi connectivity index (χ0) is 14.5. The quantitative estimate of drug-likeness (QED) is 0.886. The van der Waals surface area contributed by atoms with Crippen molar-refractivity contribution in [1.29, 1.82) is 0 Å². The van der Waals surface area contributed by atoms with E-state index in [0.29, 0.717) is 12.0 Å². The third-order valence-corrected chi connectivity index (χ3v) is 4.45. The van der Waals surface area contributed by atoms with Crippen molar-refractivity contribution in [3.63, 3.8) is 0 Å². The van der Waals surface area contributed by atoms with Gasteiger partial charge in [-0.15, -0.1) is 0 Å². The smallest absolute Gasteiger partial charge is 0.241 e. The van der Waals surface area contributed by atoms with Crippen LogP contribution in [0.2, 0.25) is 0 Å². The zero-order valence-electron chi connectivity index (χ0n) is 12.5. The minimum atomic E-state index is -0.560. The summed E-state index contributed by atoms with van der Waals surface area (Å²) in [5, 5.41) is 3.14. The normalized spacial score (nSPS) is 24.4. The van der Waals surface area contributed by atoms with Gasteiger partial charge in [-0.2, -0.15) is 0 Å². The Kier molecular flexibility index (Phi) is 5.18. The van der Waals surface area contributed by atoms with Gasteiger partial charge in [0, 0.05) is 6.04 Å². The van der Waals surface area contributed by atoms with Gasteiger partial charge in [-0.05, 0) is 30.2 Å². The van der Waals surface area contributed by atoms with E-state index in [1.807, 2.05) is 30.3 Å². The molecule has 1 fully saturated rings. The van der Waals surface area contributed by atoms with Crippen LogP contribution in [0.4, 0.5) is 0 Å². The Morgan fingerprint density at radius 1 is 1.25 bits per heavy atom. The molecule has 3 heteroatoms. The van der Waals surface area contributed by atoms with Gasteiger partial charge < -0.3 is 11.1 Å². The van der Waals surface area contributed by atoms with E-state index in [4.69, 9.17) is 5.73 Å². The molecule has 0 heterocycles. The van der Waals surface area contributed by atoms with E-state index in [2.05, 4.69) is 19.2 Å². The lowest BCUT2D eigenvalue weighted by atomic mass is 9.79. The maximum Gasteiger partial charge on any atom is 0.241 e. The molecule has 1 aromatic carbocycles. The number of hydrogen-bond donors (Lipinski definition) is 2. The molecule has 0 radical (unpaired) electrons. The maximum absolute atomic E-state index is 12.3. The van der Waals surface area contributed by atoms with Gasteiger partial charge in [-0.3, -0.25) is 4.79 Å². The fraction of sp³-hybridized carbons (Fsp3) is 0.588. The van der Waals surface area contributed by atoms with Crippen LogP contribution in [0.3, 0.4) is 0 Å². The molecule has 1 aliphatic rings. The van der Waals surface area contributed by atoms with Crippen LogP contribution in [0.5, 0.6) is 0 Å². The minimum Gasteiger partial charge on any atom is -0.352 e. The van der Waals surface area contributed by atoms with Gasteiger partial charge in [0.1, 0.15) is 6.04 Å². The first-order valence-electron chi connectivity index (χ1n) is 7.69. The topological polar surface area (TPSA) is 55.1 Å². The van der Waals surface area contributed by atoms with Crippen molar-refractivity contribution in [2.45, 2.75) is 51.6 Å². The van der Waals surface area contributed by atoms with E-state index in [9.17, 15) is 4.79 Å². The van der Waals surface area contributed by atoms with E-state index >= 15 is 0 Å². The van der Waals surface area contributed by atoms with Crippen LogP contribution in [0.1, 0.15) is 51.1 Å². The number of nitrogens with two attached hydrogens (primary N) is 1. The number of hydrogen-bond acceptors (Lipinski definition) is 2. The third-order valence-electron chi connectivity index (χ3n) is 4.45. The van der Waals surface area contributed by atoms with Gasteiger partial charge in [-0.25, -0.2) is 0 Å².